The number of carbonyl (C=O) groups excluding carboxylic acids is 3. The van der Waals surface area contributed by atoms with Crippen LogP contribution in [0.5, 0.6) is 5.75 Å². The Morgan fingerprint density at radius 3 is 2.55 bits per heavy atom. The van der Waals surface area contributed by atoms with E-state index < -0.39 is 11.9 Å². The molecule has 3 rings (SSSR count). The highest BCUT2D eigenvalue weighted by Crippen LogP contribution is 2.28. The minimum atomic E-state index is -0.711. The highest BCUT2D eigenvalue weighted by Gasteiger charge is 2.17. The fraction of sp³-hybridized carbons (Fsp3) is 0.100. The summed E-state index contributed by atoms with van der Waals surface area (Å²) in [7, 11) is 1.20. The third kappa shape index (κ3) is 4.96. The number of nitrogens with one attached hydrogen (secondary N) is 2. The molecule has 0 aliphatic heterocycles. The van der Waals surface area contributed by atoms with E-state index in [9.17, 15) is 19.5 Å². The van der Waals surface area contributed by atoms with Gasteiger partial charge in [0.05, 0.1) is 24.9 Å². The van der Waals surface area contributed by atoms with Gasteiger partial charge in [0.25, 0.3) is 5.91 Å². The molecule has 0 unspecified atom stereocenters. The molecule has 2 amide bonds. The Hall–Kier alpha value is -3.72. The number of para-hydroxylation sites is 1. The summed E-state index contributed by atoms with van der Waals surface area (Å²) < 4.78 is 4.58. The average Bonchev–Trinajstić information content (AvgIpc) is 3.16. The zero-order valence-electron chi connectivity index (χ0n) is 15.3. The second kappa shape index (κ2) is 8.98. The molecule has 0 spiro atoms. The third-order valence-electron chi connectivity index (χ3n) is 3.87. The molecule has 0 fully saturated rings. The lowest BCUT2D eigenvalue weighted by Crippen LogP contribution is -2.16. The molecule has 0 saturated heterocycles. The second-order valence-corrected chi connectivity index (χ2v) is 6.74. The predicted molar refractivity (Wildman–Crippen MR) is 108 cm³/mol. The van der Waals surface area contributed by atoms with Crippen molar-refractivity contribution in [3.63, 3.8) is 0 Å². The Kier molecular flexibility index (Phi) is 6.20. The van der Waals surface area contributed by atoms with Crippen molar-refractivity contribution in [2.24, 2.45) is 0 Å². The number of nitrogens with zero attached hydrogens (tertiary/aromatic N) is 1. The molecule has 8 nitrogen and oxygen atoms in total. The Bertz CT molecular complexity index is 1050. The van der Waals surface area contributed by atoms with Crippen LogP contribution in [0.25, 0.3) is 0 Å². The third-order valence-corrected chi connectivity index (χ3v) is 4.67. The van der Waals surface area contributed by atoms with E-state index in [4.69, 9.17) is 0 Å². The number of ether oxygens (including phenoxy) is 1. The molecule has 1 heterocycles. The van der Waals surface area contributed by atoms with E-state index in [1.54, 1.807) is 29.6 Å². The molecule has 3 N–H and O–H groups in total. The Balaban J connectivity index is 1.62. The first kappa shape index (κ1) is 20.0. The zero-order valence-corrected chi connectivity index (χ0v) is 16.2. The summed E-state index contributed by atoms with van der Waals surface area (Å²) in [6, 6.07) is 13.1. The van der Waals surface area contributed by atoms with Crippen molar-refractivity contribution in [2.75, 3.05) is 17.7 Å². The van der Waals surface area contributed by atoms with Gasteiger partial charge < -0.3 is 15.2 Å². The molecule has 0 radical (unpaired) electrons. The van der Waals surface area contributed by atoms with Crippen molar-refractivity contribution in [3.05, 3.63) is 70.7 Å². The van der Waals surface area contributed by atoms with Crippen molar-refractivity contribution in [3.8, 4) is 5.75 Å². The number of esters is 1. The van der Waals surface area contributed by atoms with Crippen molar-refractivity contribution in [2.45, 2.75) is 6.42 Å². The number of rotatable bonds is 6. The molecular weight excluding hydrogens is 394 g/mol. The minimum Gasteiger partial charge on any atom is -0.505 e. The molecule has 1 aromatic heterocycles. The van der Waals surface area contributed by atoms with Gasteiger partial charge in [0, 0.05) is 10.9 Å². The predicted octanol–water partition coefficient (Wildman–Crippen LogP) is 3.07. The highest BCUT2D eigenvalue weighted by atomic mass is 32.1. The molecule has 0 saturated carbocycles. The van der Waals surface area contributed by atoms with E-state index >= 15 is 0 Å². The van der Waals surface area contributed by atoms with Crippen molar-refractivity contribution < 1.29 is 24.2 Å². The van der Waals surface area contributed by atoms with E-state index in [2.05, 4.69) is 20.4 Å². The number of thiazole rings is 1. The number of phenolic OH excluding ortho intramolecular Hbond substituents is 1. The van der Waals surface area contributed by atoms with Gasteiger partial charge in [0.2, 0.25) is 5.91 Å². The van der Waals surface area contributed by atoms with Crippen LogP contribution in [0, 0.1) is 0 Å². The van der Waals surface area contributed by atoms with Gasteiger partial charge in [-0.3, -0.25) is 14.9 Å². The van der Waals surface area contributed by atoms with Gasteiger partial charge in [0.1, 0.15) is 5.56 Å². The molecule has 0 bridgehead atoms. The molecule has 0 aliphatic carbocycles. The molecule has 3 aromatic rings. The second-order valence-electron chi connectivity index (χ2n) is 5.88. The summed E-state index contributed by atoms with van der Waals surface area (Å²) in [6.07, 6.45) is -0.0698. The summed E-state index contributed by atoms with van der Waals surface area (Å²) in [5, 5.41) is 17.4. The fourth-order valence-electron chi connectivity index (χ4n) is 2.48. The van der Waals surface area contributed by atoms with Crippen LogP contribution in [-0.4, -0.2) is 35.0 Å². The van der Waals surface area contributed by atoms with Crippen LogP contribution >= 0.6 is 11.3 Å². The number of benzene rings is 2. The Morgan fingerprint density at radius 2 is 1.83 bits per heavy atom. The molecule has 29 heavy (non-hydrogen) atoms. The monoisotopic (exact) mass is 411 g/mol. The summed E-state index contributed by atoms with van der Waals surface area (Å²) in [5.74, 6) is -1.81. The molecule has 2 aromatic carbocycles. The first-order valence-corrected chi connectivity index (χ1v) is 9.37. The maximum atomic E-state index is 12.3. The lowest BCUT2D eigenvalue weighted by atomic mass is 10.1. The summed E-state index contributed by atoms with van der Waals surface area (Å²) >= 11 is 1.20. The molecule has 0 aliphatic rings. The van der Waals surface area contributed by atoms with Crippen LogP contribution in [0.2, 0.25) is 0 Å². The van der Waals surface area contributed by atoms with Crippen LogP contribution < -0.4 is 10.6 Å². The molecule has 148 valence electrons. The summed E-state index contributed by atoms with van der Waals surface area (Å²) in [4.78, 5) is 40.3. The molecular formula is C20H17N3O5S. The molecule has 9 heteroatoms. The number of aromatic hydroxyl groups is 1. The van der Waals surface area contributed by atoms with Gasteiger partial charge in [-0.2, -0.15) is 0 Å². The topological polar surface area (TPSA) is 118 Å². The summed E-state index contributed by atoms with van der Waals surface area (Å²) in [6.45, 7) is 0. The standard InChI is InChI=1S/C20H17N3O5S/c1-28-19(27)14-8-5-9-15(17(14)25)22-16(24)10-13-11-29-20(21-13)23-18(26)12-6-3-2-4-7-12/h2-9,11,25H,10H2,1H3,(H,22,24)(H,21,23,26). The first-order valence-electron chi connectivity index (χ1n) is 8.49. The number of anilines is 2. The normalized spacial score (nSPS) is 10.2. The number of amides is 2. The van der Waals surface area contributed by atoms with E-state index in [1.165, 1.54) is 36.6 Å². The van der Waals surface area contributed by atoms with Crippen LogP contribution in [0.3, 0.4) is 0 Å². The van der Waals surface area contributed by atoms with E-state index in [1.807, 2.05) is 6.07 Å². The van der Waals surface area contributed by atoms with Crippen molar-refractivity contribution in [1.82, 2.24) is 4.98 Å². The number of hydrogen-bond donors (Lipinski definition) is 3. The Morgan fingerprint density at radius 1 is 1.07 bits per heavy atom. The van der Waals surface area contributed by atoms with Gasteiger partial charge >= 0.3 is 5.97 Å². The lowest BCUT2D eigenvalue weighted by molar-refractivity contribution is -0.115. The zero-order chi connectivity index (χ0) is 20.8. The van der Waals surface area contributed by atoms with Gasteiger partial charge in [-0.25, -0.2) is 9.78 Å². The van der Waals surface area contributed by atoms with Crippen LogP contribution in [-0.2, 0) is 16.0 Å². The van der Waals surface area contributed by atoms with Crippen LogP contribution in [0.15, 0.2) is 53.9 Å². The fourth-order valence-corrected chi connectivity index (χ4v) is 3.19. The van der Waals surface area contributed by atoms with Crippen LogP contribution in [0.1, 0.15) is 26.4 Å². The van der Waals surface area contributed by atoms with Gasteiger partial charge in [-0.05, 0) is 24.3 Å². The maximum absolute atomic E-state index is 12.3. The lowest BCUT2D eigenvalue weighted by Gasteiger charge is -2.09. The van der Waals surface area contributed by atoms with Gasteiger partial charge in [-0.15, -0.1) is 11.3 Å². The van der Waals surface area contributed by atoms with E-state index in [0.29, 0.717) is 16.4 Å². The number of carbonyl (C=O) groups is 3. The van der Waals surface area contributed by atoms with Crippen LogP contribution in [0.4, 0.5) is 10.8 Å². The number of hydrogen-bond acceptors (Lipinski definition) is 7. The molecule has 0 atom stereocenters. The van der Waals surface area contributed by atoms with E-state index in [-0.39, 0.29) is 29.3 Å². The first-order chi connectivity index (χ1) is 14.0. The average molecular weight is 411 g/mol. The smallest absolute Gasteiger partial charge is 0.341 e. The largest absolute Gasteiger partial charge is 0.505 e. The van der Waals surface area contributed by atoms with Crippen molar-refractivity contribution in [1.29, 1.82) is 0 Å². The quantitative estimate of drug-likeness (QED) is 0.424. The van der Waals surface area contributed by atoms with Gasteiger partial charge in [0.15, 0.2) is 10.9 Å². The van der Waals surface area contributed by atoms with Crippen molar-refractivity contribution >= 4 is 39.9 Å². The SMILES string of the molecule is COC(=O)c1cccc(NC(=O)Cc2csc(NC(=O)c3ccccc3)n2)c1O. The minimum absolute atomic E-state index is 0.0510. The summed E-state index contributed by atoms with van der Waals surface area (Å²) in [5.41, 5.74) is 0.998. The highest BCUT2D eigenvalue weighted by molar-refractivity contribution is 7.14. The van der Waals surface area contributed by atoms with Gasteiger partial charge in [-0.1, -0.05) is 24.3 Å². The number of aromatic nitrogens is 1. The van der Waals surface area contributed by atoms with E-state index in [0.717, 1.165) is 0 Å². The number of phenols is 1. The maximum Gasteiger partial charge on any atom is 0.341 e. The number of methoxy groups -OCH3 is 1. The Labute approximate surface area is 170 Å².